The largest absolute Gasteiger partial charge is 0.507 e. The van der Waals surface area contributed by atoms with E-state index >= 15 is 0 Å². The van der Waals surface area contributed by atoms with E-state index in [-0.39, 0.29) is 5.75 Å². The predicted molar refractivity (Wildman–Crippen MR) is 70.5 cm³/mol. The van der Waals surface area contributed by atoms with Crippen LogP contribution in [0, 0.1) is 0 Å². The number of nitrogens with zero attached hydrogens (tertiary/aromatic N) is 1. The van der Waals surface area contributed by atoms with Gasteiger partial charge in [0, 0.05) is 5.56 Å². The van der Waals surface area contributed by atoms with Gasteiger partial charge >= 0.3 is 11.8 Å². The fraction of sp³-hybridized carbons (Fsp3) is 0. The maximum atomic E-state index is 10.9. The fourth-order valence-electron chi connectivity index (χ4n) is 1.63. The summed E-state index contributed by atoms with van der Waals surface area (Å²) in [5.74, 6) is -2.12. The topological polar surface area (TPSA) is 105 Å². The molecule has 6 nitrogen and oxygen atoms in total. The summed E-state index contributed by atoms with van der Waals surface area (Å²) >= 11 is 0. The van der Waals surface area contributed by atoms with Crippen LogP contribution in [0.2, 0.25) is 0 Å². The van der Waals surface area contributed by atoms with E-state index in [9.17, 15) is 14.7 Å². The molecule has 2 rings (SSSR count). The molecule has 0 heterocycles. The number of nitrogens with two attached hydrogens (primary N) is 1. The lowest BCUT2D eigenvalue weighted by Crippen LogP contribution is -2.32. The van der Waals surface area contributed by atoms with E-state index in [0.717, 1.165) is 10.8 Å². The zero-order chi connectivity index (χ0) is 13.8. The van der Waals surface area contributed by atoms with Crippen molar-refractivity contribution < 1.29 is 14.7 Å². The number of carbonyl (C=O) groups excluding carboxylic acids is 2. The first-order valence-corrected chi connectivity index (χ1v) is 5.43. The van der Waals surface area contributed by atoms with Crippen molar-refractivity contribution in [3.05, 3.63) is 42.0 Å². The molecule has 2 aromatic rings. The quantitative estimate of drug-likeness (QED) is 0.414. The molecule has 0 saturated carbocycles. The zero-order valence-electron chi connectivity index (χ0n) is 9.83. The van der Waals surface area contributed by atoms with Gasteiger partial charge in [-0.05, 0) is 16.8 Å². The number of hydrogen-bond donors (Lipinski definition) is 3. The number of primary amides is 1. The molecule has 0 aromatic heterocycles. The molecule has 96 valence electrons. The SMILES string of the molecule is NC(=O)C(=O)N/N=C/c1c(O)ccc2ccccc12. The number of hydrogen-bond acceptors (Lipinski definition) is 4. The third-order valence-electron chi connectivity index (χ3n) is 2.53. The molecule has 6 heteroatoms. The number of phenols is 1. The lowest BCUT2D eigenvalue weighted by molar-refractivity contribution is -0.137. The van der Waals surface area contributed by atoms with Gasteiger partial charge in [-0.15, -0.1) is 0 Å². The highest BCUT2D eigenvalue weighted by molar-refractivity contribution is 6.34. The van der Waals surface area contributed by atoms with Crippen LogP contribution in [0.25, 0.3) is 10.8 Å². The smallest absolute Gasteiger partial charge is 0.329 e. The molecule has 0 aliphatic rings. The van der Waals surface area contributed by atoms with Gasteiger partial charge in [-0.1, -0.05) is 30.3 Å². The molecule has 0 radical (unpaired) electrons. The first-order valence-electron chi connectivity index (χ1n) is 5.43. The zero-order valence-corrected chi connectivity index (χ0v) is 9.83. The molecule has 0 saturated heterocycles. The second kappa shape index (κ2) is 5.18. The number of phenolic OH excluding ortho intramolecular Hbond substituents is 1. The van der Waals surface area contributed by atoms with Crippen molar-refractivity contribution in [1.29, 1.82) is 0 Å². The molecule has 4 N–H and O–H groups in total. The van der Waals surface area contributed by atoms with Gasteiger partial charge in [-0.3, -0.25) is 9.59 Å². The molecule has 0 unspecified atom stereocenters. The summed E-state index contributed by atoms with van der Waals surface area (Å²) in [4.78, 5) is 21.4. The summed E-state index contributed by atoms with van der Waals surface area (Å²) in [6, 6.07) is 10.7. The van der Waals surface area contributed by atoms with E-state index in [1.54, 1.807) is 6.07 Å². The Morgan fingerprint density at radius 2 is 1.95 bits per heavy atom. The molecular formula is C13H11N3O3. The minimum Gasteiger partial charge on any atom is -0.507 e. The Balaban J connectivity index is 2.34. The van der Waals surface area contributed by atoms with Crippen LogP contribution >= 0.6 is 0 Å². The van der Waals surface area contributed by atoms with Crippen molar-refractivity contribution in [2.45, 2.75) is 0 Å². The summed E-state index contributed by atoms with van der Waals surface area (Å²) in [5, 5.41) is 15.1. The van der Waals surface area contributed by atoms with E-state index in [0.29, 0.717) is 5.56 Å². The van der Waals surface area contributed by atoms with Crippen molar-refractivity contribution in [1.82, 2.24) is 5.43 Å². The number of hydrazone groups is 1. The second-order valence-corrected chi connectivity index (χ2v) is 3.78. The van der Waals surface area contributed by atoms with Crippen LogP contribution in [0.15, 0.2) is 41.5 Å². The molecule has 0 fully saturated rings. The van der Waals surface area contributed by atoms with Gasteiger partial charge in [0.15, 0.2) is 0 Å². The van der Waals surface area contributed by atoms with E-state index in [1.807, 2.05) is 29.7 Å². The maximum absolute atomic E-state index is 10.9. The Hall–Kier alpha value is -2.89. The van der Waals surface area contributed by atoms with Crippen LogP contribution in [0.3, 0.4) is 0 Å². The third-order valence-corrected chi connectivity index (χ3v) is 2.53. The molecule has 19 heavy (non-hydrogen) atoms. The van der Waals surface area contributed by atoms with E-state index in [1.165, 1.54) is 12.3 Å². The lowest BCUT2D eigenvalue weighted by atomic mass is 10.0. The summed E-state index contributed by atoms with van der Waals surface area (Å²) in [7, 11) is 0. The molecule has 0 bridgehead atoms. The monoisotopic (exact) mass is 257 g/mol. The first kappa shape index (κ1) is 12.6. The van der Waals surface area contributed by atoms with Gasteiger partial charge < -0.3 is 10.8 Å². The summed E-state index contributed by atoms with van der Waals surface area (Å²) in [5.41, 5.74) is 7.18. The van der Waals surface area contributed by atoms with Crippen molar-refractivity contribution in [2.75, 3.05) is 0 Å². The number of fused-ring (bicyclic) bond motifs is 1. The van der Waals surface area contributed by atoms with Gasteiger partial charge in [-0.2, -0.15) is 5.10 Å². The predicted octanol–water partition coefficient (Wildman–Crippen LogP) is 0.481. The number of aromatic hydroxyl groups is 1. The van der Waals surface area contributed by atoms with E-state index < -0.39 is 11.8 Å². The second-order valence-electron chi connectivity index (χ2n) is 3.78. The molecular weight excluding hydrogens is 246 g/mol. The van der Waals surface area contributed by atoms with Crippen molar-refractivity contribution in [3.8, 4) is 5.75 Å². The fourth-order valence-corrected chi connectivity index (χ4v) is 1.63. The van der Waals surface area contributed by atoms with Crippen molar-refractivity contribution in [3.63, 3.8) is 0 Å². The average Bonchev–Trinajstić information content (AvgIpc) is 2.41. The number of rotatable bonds is 2. The van der Waals surface area contributed by atoms with Crippen molar-refractivity contribution in [2.24, 2.45) is 10.8 Å². The molecule has 0 atom stereocenters. The van der Waals surface area contributed by atoms with Crippen LogP contribution in [0.4, 0.5) is 0 Å². The maximum Gasteiger partial charge on any atom is 0.329 e. The Morgan fingerprint density at radius 1 is 1.21 bits per heavy atom. The first-order chi connectivity index (χ1) is 9.09. The Kier molecular flexibility index (Phi) is 3.42. The standard InChI is InChI=1S/C13H11N3O3/c14-12(18)13(19)16-15-7-10-9-4-2-1-3-8(9)5-6-11(10)17/h1-7,17H,(H2,14,18)(H,16,19)/b15-7+. The van der Waals surface area contributed by atoms with Crippen LogP contribution in [0.1, 0.15) is 5.56 Å². The molecule has 2 amide bonds. The highest BCUT2D eigenvalue weighted by Crippen LogP contribution is 2.25. The molecule has 0 aliphatic carbocycles. The van der Waals surface area contributed by atoms with Gasteiger partial charge in [0.2, 0.25) is 0 Å². The highest BCUT2D eigenvalue weighted by Gasteiger charge is 2.07. The minimum atomic E-state index is -1.13. The summed E-state index contributed by atoms with van der Waals surface area (Å²) < 4.78 is 0. The van der Waals surface area contributed by atoms with Gasteiger partial charge in [0.1, 0.15) is 5.75 Å². The number of carbonyl (C=O) groups is 2. The van der Waals surface area contributed by atoms with Crippen LogP contribution in [-0.4, -0.2) is 23.1 Å². The normalized spacial score (nSPS) is 10.7. The number of amides is 2. The number of nitrogens with one attached hydrogen (secondary N) is 1. The molecule has 0 aliphatic heterocycles. The van der Waals surface area contributed by atoms with E-state index in [2.05, 4.69) is 5.10 Å². The van der Waals surface area contributed by atoms with Gasteiger partial charge in [-0.25, -0.2) is 5.43 Å². The average molecular weight is 257 g/mol. The Labute approximate surface area is 108 Å². The van der Waals surface area contributed by atoms with E-state index in [4.69, 9.17) is 5.73 Å². The van der Waals surface area contributed by atoms with Crippen LogP contribution in [-0.2, 0) is 9.59 Å². The Morgan fingerprint density at radius 3 is 2.68 bits per heavy atom. The highest BCUT2D eigenvalue weighted by atomic mass is 16.3. The molecule has 0 spiro atoms. The summed E-state index contributed by atoms with van der Waals surface area (Å²) in [6.45, 7) is 0. The lowest BCUT2D eigenvalue weighted by Gasteiger charge is -2.04. The minimum absolute atomic E-state index is 0.0239. The number of benzene rings is 2. The Bertz CT molecular complexity index is 680. The van der Waals surface area contributed by atoms with Crippen molar-refractivity contribution >= 4 is 28.8 Å². The van der Waals surface area contributed by atoms with Gasteiger partial charge in [0.05, 0.1) is 6.21 Å². The summed E-state index contributed by atoms with van der Waals surface area (Å²) in [6.07, 6.45) is 1.26. The van der Waals surface area contributed by atoms with Crippen LogP contribution < -0.4 is 11.2 Å². The molecule has 2 aromatic carbocycles. The van der Waals surface area contributed by atoms with Crippen LogP contribution in [0.5, 0.6) is 5.75 Å². The van der Waals surface area contributed by atoms with Gasteiger partial charge in [0.25, 0.3) is 0 Å². The third kappa shape index (κ3) is 2.68.